The summed E-state index contributed by atoms with van der Waals surface area (Å²) in [7, 11) is 1.52. The highest BCUT2D eigenvalue weighted by atomic mass is 16.5. The van der Waals surface area contributed by atoms with Crippen molar-refractivity contribution in [3.8, 4) is 0 Å². The van der Waals surface area contributed by atoms with Crippen molar-refractivity contribution >= 4 is 11.9 Å². The van der Waals surface area contributed by atoms with Crippen LogP contribution in [-0.2, 0) is 14.3 Å². The lowest BCUT2D eigenvalue weighted by Gasteiger charge is -2.19. The fraction of sp³-hybridized carbons (Fsp3) is 0.429. The van der Waals surface area contributed by atoms with Crippen LogP contribution in [0.5, 0.6) is 0 Å². The van der Waals surface area contributed by atoms with Crippen LogP contribution in [0.15, 0.2) is 24.3 Å². The number of rotatable bonds is 7. The van der Waals surface area contributed by atoms with Gasteiger partial charge in [0.2, 0.25) is 5.91 Å². The van der Waals surface area contributed by atoms with Crippen LogP contribution in [0.1, 0.15) is 30.0 Å². The van der Waals surface area contributed by atoms with Crippen LogP contribution in [0.4, 0.5) is 0 Å². The van der Waals surface area contributed by atoms with E-state index < -0.39 is 12.0 Å². The van der Waals surface area contributed by atoms with Crippen LogP contribution < -0.4 is 5.32 Å². The number of benzene rings is 1. The molecule has 1 aromatic rings. The average molecular weight is 265 g/mol. The lowest BCUT2D eigenvalue weighted by atomic mass is 9.98. The molecule has 5 heteroatoms. The van der Waals surface area contributed by atoms with Crippen molar-refractivity contribution in [2.24, 2.45) is 0 Å². The zero-order chi connectivity index (χ0) is 14.3. The van der Waals surface area contributed by atoms with Gasteiger partial charge in [0.05, 0.1) is 19.1 Å². The topological polar surface area (TPSA) is 75.6 Å². The number of hydrogen-bond donors (Lipinski definition) is 2. The summed E-state index contributed by atoms with van der Waals surface area (Å²) >= 11 is 0. The predicted molar refractivity (Wildman–Crippen MR) is 70.8 cm³/mol. The Balaban J connectivity index is 2.80. The summed E-state index contributed by atoms with van der Waals surface area (Å²) in [4.78, 5) is 22.6. The van der Waals surface area contributed by atoms with Gasteiger partial charge in [-0.3, -0.25) is 9.59 Å². The van der Waals surface area contributed by atoms with Crippen molar-refractivity contribution in [2.75, 3.05) is 13.7 Å². The van der Waals surface area contributed by atoms with E-state index in [1.54, 1.807) is 0 Å². The number of carbonyl (C=O) groups is 2. The first kappa shape index (κ1) is 15.2. The smallest absolute Gasteiger partial charge is 0.305 e. The Morgan fingerprint density at radius 3 is 2.63 bits per heavy atom. The molecule has 1 atom stereocenters. The third kappa shape index (κ3) is 5.09. The molecule has 0 heterocycles. The summed E-state index contributed by atoms with van der Waals surface area (Å²) < 4.78 is 4.83. The number of nitrogens with one attached hydrogen (secondary N) is 1. The fourth-order valence-electron chi connectivity index (χ4n) is 1.85. The molecule has 1 unspecified atom stereocenters. The van der Waals surface area contributed by atoms with E-state index in [4.69, 9.17) is 9.84 Å². The lowest BCUT2D eigenvalue weighted by Crippen LogP contribution is -2.31. The monoisotopic (exact) mass is 265 g/mol. The number of carbonyl (C=O) groups excluding carboxylic acids is 1. The minimum atomic E-state index is -0.944. The molecule has 0 bridgehead atoms. The van der Waals surface area contributed by atoms with E-state index in [0.717, 1.165) is 11.1 Å². The standard InChI is InChI=1S/C14H19NO4/c1-10-5-3-4-6-11(10)12(9-14(17)18)15-13(16)7-8-19-2/h3-6,12H,7-9H2,1-2H3,(H,15,16)(H,17,18). The first-order valence-electron chi connectivity index (χ1n) is 6.10. The van der Waals surface area contributed by atoms with Gasteiger partial charge < -0.3 is 15.2 Å². The number of carboxylic acid groups (broad SMARTS) is 1. The van der Waals surface area contributed by atoms with Crippen molar-refractivity contribution in [3.63, 3.8) is 0 Å². The minimum absolute atomic E-state index is 0.135. The zero-order valence-electron chi connectivity index (χ0n) is 11.2. The Labute approximate surface area is 112 Å². The molecule has 0 fully saturated rings. The van der Waals surface area contributed by atoms with Crippen LogP contribution in [0.25, 0.3) is 0 Å². The second-order valence-corrected chi connectivity index (χ2v) is 4.32. The highest BCUT2D eigenvalue weighted by molar-refractivity contribution is 5.78. The van der Waals surface area contributed by atoms with Crippen LogP contribution in [-0.4, -0.2) is 30.7 Å². The van der Waals surface area contributed by atoms with Gasteiger partial charge in [0, 0.05) is 13.5 Å². The molecule has 104 valence electrons. The van der Waals surface area contributed by atoms with E-state index in [-0.39, 0.29) is 18.7 Å². The quantitative estimate of drug-likeness (QED) is 0.786. The lowest BCUT2D eigenvalue weighted by molar-refractivity contribution is -0.137. The molecule has 1 rings (SSSR count). The molecular weight excluding hydrogens is 246 g/mol. The van der Waals surface area contributed by atoms with Crippen molar-refractivity contribution in [1.29, 1.82) is 0 Å². The molecule has 0 spiro atoms. The van der Waals surface area contributed by atoms with E-state index >= 15 is 0 Å². The summed E-state index contributed by atoms with van der Waals surface area (Å²) in [6.45, 7) is 2.21. The predicted octanol–water partition coefficient (Wildman–Crippen LogP) is 1.66. The van der Waals surface area contributed by atoms with Crippen LogP contribution in [0, 0.1) is 6.92 Å². The molecule has 0 saturated heterocycles. The molecule has 0 saturated carbocycles. The van der Waals surface area contributed by atoms with Crippen LogP contribution >= 0.6 is 0 Å². The number of aryl methyl sites for hydroxylation is 1. The summed E-state index contributed by atoms with van der Waals surface area (Å²) in [6.07, 6.45) is 0.0854. The second-order valence-electron chi connectivity index (χ2n) is 4.32. The van der Waals surface area contributed by atoms with E-state index in [9.17, 15) is 9.59 Å². The number of aliphatic carboxylic acids is 1. The van der Waals surface area contributed by atoms with Gasteiger partial charge in [-0.25, -0.2) is 0 Å². The summed E-state index contributed by atoms with van der Waals surface area (Å²) in [5.41, 5.74) is 1.79. The Hall–Kier alpha value is -1.88. The van der Waals surface area contributed by atoms with Gasteiger partial charge in [0.1, 0.15) is 0 Å². The minimum Gasteiger partial charge on any atom is -0.481 e. The molecule has 0 radical (unpaired) electrons. The maximum Gasteiger partial charge on any atom is 0.305 e. The Kier molecular flexibility index (Phi) is 6.02. The first-order chi connectivity index (χ1) is 9.04. The van der Waals surface area contributed by atoms with Gasteiger partial charge in [-0.1, -0.05) is 24.3 Å². The van der Waals surface area contributed by atoms with Crippen molar-refractivity contribution < 1.29 is 19.4 Å². The Morgan fingerprint density at radius 2 is 2.05 bits per heavy atom. The Morgan fingerprint density at radius 1 is 1.37 bits per heavy atom. The van der Waals surface area contributed by atoms with Gasteiger partial charge in [0.25, 0.3) is 0 Å². The van der Waals surface area contributed by atoms with E-state index in [1.165, 1.54) is 7.11 Å². The third-order valence-corrected chi connectivity index (χ3v) is 2.81. The van der Waals surface area contributed by atoms with E-state index in [0.29, 0.717) is 6.61 Å². The molecular formula is C14H19NO4. The van der Waals surface area contributed by atoms with E-state index in [1.807, 2.05) is 31.2 Å². The average Bonchev–Trinajstić information content (AvgIpc) is 2.35. The zero-order valence-corrected chi connectivity index (χ0v) is 11.2. The van der Waals surface area contributed by atoms with Gasteiger partial charge in [-0.05, 0) is 18.1 Å². The molecule has 0 aliphatic heterocycles. The first-order valence-corrected chi connectivity index (χ1v) is 6.10. The largest absolute Gasteiger partial charge is 0.481 e. The maximum atomic E-state index is 11.7. The molecule has 0 aliphatic carbocycles. The number of ether oxygens (including phenoxy) is 1. The molecule has 0 aromatic heterocycles. The van der Waals surface area contributed by atoms with Crippen LogP contribution in [0.3, 0.4) is 0 Å². The molecule has 19 heavy (non-hydrogen) atoms. The number of amides is 1. The maximum absolute atomic E-state index is 11.7. The van der Waals surface area contributed by atoms with Gasteiger partial charge in [0.15, 0.2) is 0 Å². The van der Waals surface area contributed by atoms with Gasteiger partial charge in [-0.15, -0.1) is 0 Å². The second kappa shape index (κ2) is 7.53. The van der Waals surface area contributed by atoms with Crippen molar-refractivity contribution in [3.05, 3.63) is 35.4 Å². The summed E-state index contributed by atoms with van der Waals surface area (Å²) in [6, 6.07) is 6.93. The number of carboxylic acids is 1. The fourth-order valence-corrected chi connectivity index (χ4v) is 1.85. The SMILES string of the molecule is COCCC(=O)NC(CC(=O)O)c1ccccc1C. The van der Waals surface area contributed by atoms with Crippen LogP contribution in [0.2, 0.25) is 0 Å². The Bertz CT molecular complexity index is 445. The normalized spacial score (nSPS) is 11.9. The molecule has 1 amide bonds. The van der Waals surface area contributed by atoms with E-state index in [2.05, 4.69) is 5.32 Å². The number of hydrogen-bond acceptors (Lipinski definition) is 3. The van der Waals surface area contributed by atoms with Crippen molar-refractivity contribution in [1.82, 2.24) is 5.32 Å². The summed E-state index contributed by atoms with van der Waals surface area (Å²) in [5.74, 6) is -1.16. The van der Waals surface area contributed by atoms with Crippen molar-refractivity contribution in [2.45, 2.75) is 25.8 Å². The summed E-state index contributed by atoms with van der Waals surface area (Å²) in [5, 5.41) is 11.7. The molecule has 1 aromatic carbocycles. The third-order valence-electron chi connectivity index (χ3n) is 2.81. The molecule has 5 nitrogen and oxygen atoms in total. The number of methoxy groups -OCH3 is 1. The molecule has 2 N–H and O–H groups in total. The highest BCUT2D eigenvalue weighted by Crippen LogP contribution is 2.20. The van der Waals surface area contributed by atoms with Gasteiger partial charge >= 0.3 is 5.97 Å². The van der Waals surface area contributed by atoms with Gasteiger partial charge in [-0.2, -0.15) is 0 Å². The molecule has 0 aliphatic rings. The highest BCUT2D eigenvalue weighted by Gasteiger charge is 2.19.